The second-order valence-electron chi connectivity index (χ2n) is 3.61. The van der Waals surface area contributed by atoms with Crippen LogP contribution in [0.1, 0.15) is 12.8 Å². The molecule has 0 aliphatic carbocycles. The second kappa shape index (κ2) is 5.54. The van der Waals surface area contributed by atoms with E-state index in [0.29, 0.717) is 6.10 Å². The molecule has 1 aromatic rings. The van der Waals surface area contributed by atoms with Gasteiger partial charge in [-0.25, -0.2) is 0 Å². The predicted molar refractivity (Wildman–Crippen MR) is 62.1 cm³/mol. The lowest BCUT2D eigenvalue weighted by molar-refractivity contribution is -0.0236. The fourth-order valence-corrected chi connectivity index (χ4v) is 2.77. The highest BCUT2D eigenvalue weighted by atomic mass is 32.2. The molecule has 2 rings (SSSR count). The summed E-state index contributed by atoms with van der Waals surface area (Å²) in [6.45, 7) is 0.809. The molecule has 2 atom stereocenters. The summed E-state index contributed by atoms with van der Waals surface area (Å²) >= 11 is 1.78. The molecule has 0 aromatic heterocycles. The summed E-state index contributed by atoms with van der Waals surface area (Å²) in [6, 6.07) is 10.4. The minimum atomic E-state index is 0.242. The van der Waals surface area contributed by atoms with Crippen molar-refractivity contribution in [2.24, 2.45) is 0 Å². The van der Waals surface area contributed by atoms with Crippen molar-refractivity contribution in [2.45, 2.75) is 29.3 Å². The second-order valence-corrected chi connectivity index (χ2v) is 4.85. The molecule has 1 saturated heterocycles. The Bertz CT molecular complexity index is 289. The van der Waals surface area contributed by atoms with Crippen molar-refractivity contribution in [3.63, 3.8) is 0 Å². The zero-order valence-corrected chi connectivity index (χ0v) is 9.70. The fraction of sp³-hybridized carbons (Fsp3) is 0.500. The molecule has 1 aromatic carbocycles. The van der Waals surface area contributed by atoms with Crippen molar-refractivity contribution < 1.29 is 9.47 Å². The third-order valence-corrected chi connectivity index (χ3v) is 3.68. The van der Waals surface area contributed by atoms with Crippen LogP contribution in [0.4, 0.5) is 0 Å². The van der Waals surface area contributed by atoms with Crippen molar-refractivity contribution in [2.75, 3.05) is 13.7 Å². The van der Waals surface area contributed by atoms with E-state index < -0.39 is 0 Å². The first kappa shape index (κ1) is 11.0. The van der Waals surface area contributed by atoms with E-state index in [2.05, 4.69) is 24.3 Å². The summed E-state index contributed by atoms with van der Waals surface area (Å²) in [4.78, 5) is 1.26. The highest BCUT2D eigenvalue weighted by Gasteiger charge is 2.22. The predicted octanol–water partition coefficient (Wildman–Crippen LogP) is 2.93. The van der Waals surface area contributed by atoms with Crippen LogP contribution in [0.25, 0.3) is 0 Å². The lowest BCUT2D eigenvalue weighted by atomic mass is 10.1. The molecule has 0 bridgehead atoms. The fourth-order valence-electron chi connectivity index (χ4n) is 1.68. The zero-order chi connectivity index (χ0) is 10.5. The zero-order valence-electron chi connectivity index (χ0n) is 8.89. The first-order chi connectivity index (χ1) is 7.38. The standard InChI is InChI=1S/C12H16O2S/c1-13-10-7-8-14-12(9-10)15-11-5-3-2-4-6-11/h2-6,10,12H,7-9H2,1H3. The van der Waals surface area contributed by atoms with E-state index in [1.165, 1.54) is 4.90 Å². The quantitative estimate of drug-likeness (QED) is 0.786. The molecule has 1 aliphatic rings. The number of hydrogen-bond acceptors (Lipinski definition) is 3. The summed E-state index contributed by atoms with van der Waals surface area (Å²) in [5.41, 5.74) is 0.242. The van der Waals surface area contributed by atoms with Gasteiger partial charge < -0.3 is 9.47 Å². The third-order valence-electron chi connectivity index (χ3n) is 2.54. The average Bonchev–Trinajstić information content (AvgIpc) is 2.31. The van der Waals surface area contributed by atoms with E-state index in [-0.39, 0.29) is 5.44 Å². The molecule has 0 amide bonds. The van der Waals surface area contributed by atoms with E-state index in [4.69, 9.17) is 9.47 Å². The van der Waals surface area contributed by atoms with E-state index in [1.54, 1.807) is 18.9 Å². The summed E-state index contributed by atoms with van der Waals surface area (Å²) in [7, 11) is 1.78. The Morgan fingerprint density at radius 1 is 1.33 bits per heavy atom. The Hall–Kier alpha value is -0.510. The van der Waals surface area contributed by atoms with Crippen LogP contribution < -0.4 is 0 Å². The van der Waals surface area contributed by atoms with Gasteiger partial charge in [-0.3, -0.25) is 0 Å². The van der Waals surface area contributed by atoms with Gasteiger partial charge in [0.05, 0.1) is 12.7 Å². The minimum Gasteiger partial charge on any atom is -0.381 e. The van der Waals surface area contributed by atoms with Crippen LogP contribution in [-0.2, 0) is 9.47 Å². The lowest BCUT2D eigenvalue weighted by Gasteiger charge is -2.28. The topological polar surface area (TPSA) is 18.5 Å². The number of methoxy groups -OCH3 is 1. The number of thioether (sulfide) groups is 1. The molecule has 2 nitrogen and oxygen atoms in total. The molecule has 82 valence electrons. The Morgan fingerprint density at radius 2 is 2.13 bits per heavy atom. The summed E-state index contributed by atoms with van der Waals surface area (Å²) in [5.74, 6) is 0. The van der Waals surface area contributed by atoms with Crippen LogP contribution in [0.15, 0.2) is 35.2 Å². The van der Waals surface area contributed by atoms with Crippen molar-refractivity contribution >= 4 is 11.8 Å². The van der Waals surface area contributed by atoms with Gasteiger partial charge in [0.1, 0.15) is 5.44 Å². The van der Waals surface area contributed by atoms with E-state index >= 15 is 0 Å². The molecule has 0 radical (unpaired) electrons. The molecule has 0 saturated carbocycles. The maximum Gasteiger partial charge on any atom is 0.110 e. The van der Waals surface area contributed by atoms with Crippen LogP contribution in [0.3, 0.4) is 0 Å². The van der Waals surface area contributed by atoms with Gasteiger partial charge in [0, 0.05) is 18.4 Å². The van der Waals surface area contributed by atoms with Gasteiger partial charge in [0.2, 0.25) is 0 Å². The molecule has 1 heterocycles. The van der Waals surface area contributed by atoms with Crippen molar-refractivity contribution in [3.8, 4) is 0 Å². The van der Waals surface area contributed by atoms with Gasteiger partial charge in [0.25, 0.3) is 0 Å². The van der Waals surface area contributed by atoms with Crippen molar-refractivity contribution in [1.82, 2.24) is 0 Å². The Labute approximate surface area is 95.0 Å². The van der Waals surface area contributed by atoms with E-state index in [9.17, 15) is 0 Å². The van der Waals surface area contributed by atoms with Crippen LogP contribution in [0.5, 0.6) is 0 Å². The molecule has 0 N–H and O–H groups in total. The summed E-state index contributed by atoms with van der Waals surface area (Å²) in [6.07, 6.45) is 2.36. The van der Waals surface area contributed by atoms with Crippen molar-refractivity contribution in [3.05, 3.63) is 30.3 Å². The first-order valence-electron chi connectivity index (χ1n) is 5.24. The molecule has 1 fully saturated rings. The molecule has 15 heavy (non-hydrogen) atoms. The van der Waals surface area contributed by atoms with E-state index in [0.717, 1.165) is 19.4 Å². The van der Waals surface area contributed by atoms with Crippen LogP contribution in [-0.4, -0.2) is 25.3 Å². The summed E-state index contributed by atoms with van der Waals surface area (Å²) < 4.78 is 11.1. The Balaban J connectivity index is 1.89. The lowest BCUT2D eigenvalue weighted by Crippen LogP contribution is -2.28. The first-order valence-corrected chi connectivity index (χ1v) is 6.12. The van der Waals surface area contributed by atoms with Gasteiger partial charge in [-0.2, -0.15) is 0 Å². The molecular weight excluding hydrogens is 208 g/mol. The van der Waals surface area contributed by atoms with Gasteiger partial charge >= 0.3 is 0 Å². The number of benzene rings is 1. The largest absolute Gasteiger partial charge is 0.381 e. The summed E-state index contributed by atoms with van der Waals surface area (Å²) in [5, 5.41) is 0. The highest BCUT2D eigenvalue weighted by Crippen LogP contribution is 2.30. The number of hydrogen-bond donors (Lipinski definition) is 0. The van der Waals surface area contributed by atoms with Gasteiger partial charge in [-0.1, -0.05) is 30.0 Å². The molecule has 3 heteroatoms. The number of ether oxygens (including phenoxy) is 2. The van der Waals surface area contributed by atoms with Gasteiger partial charge in [-0.05, 0) is 18.6 Å². The monoisotopic (exact) mass is 224 g/mol. The Kier molecular flexibility index (Phi) is 4.06. The van der Waals surface area contributed by atoms with Crippen LogP contribution >= 0.6 is 11.8 Å². The van der Waals surface area contributed by atoms with Gasteiger partial charge in [-0.15, -0.1) is 0 Å². The molecular formula is C12H16O2S. The Morgan fingerprint density at radius 3 is 2.87 bits per heavy atom. The maximum absolute atomic E-state index is 5.70. The molecule has 2 unspecified atom stereocenters. The minimum absolute atomic E-state index is 0.242. The van der Waals surface area contributed by atoms with Crippen molar-refractivity contribution in [1.29, 1.82) is 0 Å². The third kappa shape index (κ3) is 3.23. The average molecular weight is 224 g/mol. The highest BCUT2D eigenvalue weighted by molar-refractivity contribution is 7.99. The van der Waals surface area contributed by atoms with Crippen LogP contribution in [0.2, 0.25) is 0 Å². The normalized spacial score (nSPS) is 26.5. The number of rotatable bonds is 3. The maximum atomic E-state index is 5.70. The van der Waals surface area contributed by atoms with Crippen LogP contribution in [0, 0.1) is 0 Å². The van der Waals surface area contributed by atoms with E-state index in [1.807, 2.05) is 6.07 Å². The molecule has 1 aliphatic heterocycles. The SMILES string of the molecule is COC1CCOC(Sc2ccccc2)C1. The smallest absolute Gasteiger partial charge is 0.110 e. The molecule has 0 spiro atoms. The van der Waals surface area contributed by atoms with Gasteiger partial charge in [0.15, 0.2) is 0 Å².